The van der Waals surface area contributed by atoms with Crippen LogP contribution in [0.15, 0.2) is 12.2 Å². The molecule has 0 spiro atoms. The van der Waals surface area contributed by atoms with Gasteiger partial charge in [-0.3, -0.25) is 0 Å². The Labute approximate surface area is 87.1 Å². The van der Waals surface area contributed by atoms with Crippen LogP contribution in [-0.2, 0) is 9.53 Å². The molecule has 88 valence electrons. The van der Waals surface area contributed by atoms with Gasteiger partial charge in [-0.1, -0.05) is 31.9 Å². The summed E-state index contributed by atoms with van der Waals surface area (Å²) in [5, 5.41) is 0. The number of halogens is 3. The summed E-state index contributed by atoms with van der Waals surface area (Å²) < 4.78 is 38.8. The molecule has 15 heavy (non-hydrogen) atoms. The SMILES string of the molecule is CCCCC/C=C/COC(=O)C(F)(F)F. The van der Waals surface area contributed by atoms with Crippen LogP contribution in [0.1, 0.15) is 32.6 Å². The summed E-state index contributed by atoms with van der Waals surface area (Å²) in [6.07, 6.45) is 2.25. The predicted octanol–water partition coefficient (Wildman–Crippen LogP) is 3.23. The van der Waals surface area contributed by atoms with Crippen LogP contribution in [0.25, 0.3) is 0 Å². The van der Waals surface area contributed by atoms with Crippen LogP contribution in [0.5, 0.6) is 0 Å². The Bertz CT molecular complexity index is 209. The Morgan fingerprint density at radius 3 is 2.47 bits per heavy atom. The summed E-state index contributed by atoms with van der Waals surface area (Å²) >= 11 is 0. The number of rotatable bonds is 6. The summed E-state index contributed by atoms with van der Waals surface area (Å²) in [4.78, 5) is 10.2. The van der Waals surface area contributed by atoms with Gasteiger partial charge in [0.05, 0.1) is 0 Å². The molecule has 0 saturated carbocycles. The summed E-state index contributed by atoms with van der Waals surface area (Å²) in [6, 6.07) is 0. The van der Waals surface area contributed by atoms with Crippen molar-refractivity contribution in [3.63, 3.8) is 0 Å². The average Bonchev–Trinajstić information content (AvgIpc) is 2.14. The van der Waals surface area contributed by atoms with Crippen molar-refractivity contribution in [1.29, 1.82) is 0 Å². The lowest BCUT2D eigenvalue weighted by atomic mass is 10.2. The van der Waals surface area contributed by atoms with Crippen LogP contribution in [0.2, 0.25) is 0 Å². The standard InChI is InChI=1S/C10H15F3O2/c1-2-3-4-5-6-7-8-15-9(14)10(11,12)13/h6-7H,2-5,8H2,1H3/b7-6+. The molecule has 0 aliphatic heterocycles. The zero-order valence-corrected chi connectivity index (χ0v) is 8.64. The fourth-order valence-electron chi connectivity index (χ4n) is 0.904. The Hall–Kier alpha value is -1.00. The number of hydrogen-bond acceptors (Lipinski definition) is 2. The monoisotopic (exact) mass is 224 g/mol. The van der Waals surface area contributed by atoms with Crippen LogP contribution in [0, 0.1) is 0 Å². The van der Waals surface area contributed by atoms with Crippen molar-refractivity contribution >= 4 is 5.97 Å². The normalized spacial score (nSPS) is 12.0. The molecule has 0 N–H and O–H groups in total. The second-order valence-electron chi connectivity index (χ2n) is 3.06. The van der Waals surface area contributed by atoms with Gasteiger partial charge >= 0.3 is 12.1 Å². The maximum absolute atomic E-state index is 11.6. The predicted molar refractivity (Wildman–Crippen MR) is 50.3 cm³/mol. The maximum atomic E-state index is 11.6. The van der Waals surface area contributed by atoms with E-state index in [-0.39, 0.29) is 6.61 Å². The molecule has 0 atom stereocenters. The molecule has 2 nitrogen and oxygen atoms in total. The molecule has 5 heteroatoms. The molecule has 0 fully saturated rings. The fraction of sp³-hybridized carbons (Fsp3) is 0.700. The number of allylic oxidation sites excluding steroid dienone is 1. The molecule has 0 rings (SSSR count). The quantitative estimate of drug-likeness (QED) is 0.393. The Balaban J connectivity index is 3.49. The molecule has 0 amide bonds. The van der Waals surface area contributed by atoms with Gasteiger partial charge in [-0.25, -0.2) is 4.79 Å². The Kier molecular flexibility index (Phi) is 6.83. The molecule has 0 aromatic carbocycles. The van der Waals surface area contributed by atoms with Gasteiger partial charge in [-0.2, -0.15) is 13.2 Å². The fourth-order valence-corrected chi connectivity index (χ4v) is 0.904. The van der Waals surface area contributed by atoms with Gasteiger partial charge in [0.1, 0.15) is 6.61 Å². The van der Waals surface area contributed by atoms with E-state index in [1.807, 2.05) is 0 Å². The van der Waals surface area contributed by atoms with Crippen molar-refractivity contribution in [3.05, 3.63) is 12.2 Å². The van der Waals surface area contributed by atoms with Crippen LogP contribution in [0.3, 0.4) is 0 Å². The molecule has 0 aliphatic rings. The molecule has 0 aliphatic carbocycles. The molecule has 0 aromatic heterocycles. The molecular weight excluding hydrogens is 209 g/mol. The Morgan fingerprint density at radius 1 is 1.27 bits per heavy atom. The van der Waals surface area contributed by atoms with Gasteiger partial charge in [0.2, 0.25) is 0 Å². The minimum absolute atomic E-state index is 0.315. The van der Waals surface area contributed by atoms with Crippen molar-refractivity contribution in [2.24, 2.45) is 0 Å². The largest absolute Gasteiger partial charge is 0.490 e. The van der Waals surface area contributed by atoms with Crippen molar-refractivity contribution in [1.82, 2.24) is 0 Å². The molecule has 0 aromatic rings. The van der Waals surface area contributed by atoms with E-state index in [1.54, 1.807) is 6.08 Å². The van der Waals surface area contributed by atoms with Crippen LogP contribution in [-0.4, -0.2) is 18.8 Å². The number of hydrogen-bond donors (Lipinski definition) is 0. The number of carbonyl (C=O) groups is 1. The molecule has 0 bridgehead atoms. The van der Waals surface area contributed by atoms with Gasteiger partial charge in [0.15, 0.2) is 0 Å². The first kappa shape index (κ1) is 14.0. The lowest BCUT2D eigenvalue weighted by Gasteiger charge is -2.04. The zero-order chi connectivity index (χ0) is 11.7. The van der Waals surface area contributed by atoms with E-state index in [9.17, 15) is 18.0 Å². The zero-order valence-electron chi connectivity index (χ0n) is 8.64. The second-order valence-corrected chi connectivity index (χ2v) is 3.06. The number of carbonyl (C=O) groups excluding carboxylic acids is 1. The highest BCUT2D eigenvalue weighted by Crippen LogP contribution is 2.16. The summed E-state index contributed by atoms with van der Waals surface area (Å²) in [5.41, 5.74) is 0. The van der Waals surface area contributed by atoms with E-state index in [4.69, 9.17) is 0 Å². The van der Waals surface area contributed by atoms with E-state index in [0.29, 0.717) is 0 Å². The van der Waals surface area contributed by atoms with E-state index in [0.717, 1.165) is 25.7 Å². The highest BCUT2D eigenvalue weighted by atomic mass is 19.4. The van der Waals surface area contributed by atoms with Gasteiger partial charge in [-0.15, -0.1) is 0 Å². The number of unbranched alkanes of at least 4 members (excludes halogenated alkanes) is 3. The smallest absolute Gasteiger partial charge is 0.455 e. The van der Waals surface area contributed by atoms with E-state index >= 15 is 0 Å². The molecule has 0 unspecified atom stereocenters. The number of alkyl halides is 3. The highest BCUT2D eigenvalue weighted by Gasteiger charge is 2.40. The highest BCUT2D eigenvalue weighted by molar-refractivity contribution is 5.75. The second kappa shape index (κ2) is 7.31. The molecule has 0 heterocycles. The first-order valence-corrected chi connectivity index (χ1v) is 4.87. The van der Waals surface area contributed by atoms with E-state index in [1.165, 1.54) is 6.08 Å². The summed E-state index contributed by atoms with van der Waals surface area (Å²) in [6.45, 7) is 1.75. The minimum Gasteiger partial charge on any atom is -0.455 e. The molecule has 0 saturated heterocycles. The van der Waals surface area contributed by atoms with Crippen LogP contribution < -0.4 is 0 Å². The van der Waals surface area contributed by atoms with Gasteiger partial charge in [0, 0.05) is 0 Å². The van der Waals surface area contributed by atoms with Gasteiger partial charge < -0.3 is 4.74 Å². The number of ether oxygens (including phenoxy) is 1. The third kappa shape index (κ3) is 8.03. The van der Waals surface area contributed by atoms with Gasteiger partial charge in [0.25, 0.3) is 0 Å². The summed E-state index contributed by atoms with van der Waals surface area (Å²) in [7, 11) is 0. The van der Waals surface area contributed by atoms with Crippen molar-refractivity contribution in [3.8, 4) is 0 Å². The van der Waals surface area contributed by atoms with E-state index < -0.39 is 12.1 Å². The lowest BCUT2D eigenvalue weighted by molar-refractivity contribution is -0.198. The number of esters is 1. The van der Waals surface area contributed by atoms with Crippen molar-refractivity contribution in [2.45, 2.75) is 38.8 Å². The summed E-state index contributed by atoms with van der Waals surface area (Å²) in [5.74, 6) is -2.14. The minimum atomic E-state index is -4.89. The lowest BCUT2D eigenvalue weighted by Crippen LogP contribution is -2.25. The third-order valence-electron chi connectivity index (χ3n) is 1.68. The Morgan fingerprint density at radius 2 is 1.93 bits per heavy atom. The van der Waals surface area contributed by atoms with Crippen molar-refractivity contribution in [2.75, 3.05) is 6.61 Å². The molecular formula is C10H15F3O2. The topological polar surface area (TPSA) is 26.3 Å². The van der Waals surface area contributed by atoms with Crippen LogP contribution >= 0.6 is 0 Å². The average molecular weight is 224 g/mol. The van der Waals surface area contributed by atoms with E-state index in [2.05, 4.69) is 11.7 Å². The van der Waals surface area contributed by atoms with Crippen LogP contribution in [0.4, 0.5) is 13.2 Å². The van der Waals surface area contributed by atoms with Gasteiger partial charge in [-0.05, 0) is 12.8 Å². The maximum Gasteiger partial charge on any atom is 0.490 e. The first-order valence-electron chi connectivity index (χ1n) is 4.87. The first-order chi connectivity index (χ1) is 6.98. The third-order valence-corrected chi connectivity index (χ3v) is 1.68. The van der Waals surface area contributed by atoms with Crippen molar-refractivity contribution < 1.29 is 22.7 Å². The molecule has 0 radical (unpaired) electrons.